The molecule has 1 aliphatic carbocycles. The number of halogens is 1. The summed E-state index contributed by atoms with van der Waals surface area (Å²) in [5.41, 5.74) is -0.0422. The highest BCUT2D eigenvalue weighted by atomic mass is 35.5. The maximum atomic E-state index is 6.17. The van der Waals surface area contributed by atoms with Crippen LogP contribution in [0.15, 0.2) is 0 Å². The number of rotatable bonds is 3. The molecule has 2 atom stereocenters. The lowest BCUT2D eigenvalue weighted by Crippen LogP contribution is -2.46. The fourth-order valence-electron chi connectivity index (χ4n) is 2.28. The first kappa shape index (κ1) is 9.75. The van der Waals surface area contributed by atoms with E-state index in [-0.39, 0.29) is 11.0 Å². The van der Waals surface area contributed by atoms with Gasteiger partial charge in [0.1, 0.15) is 0 Å². The van der Waals surface area contributed by atoms with E-state index in [0.29, 0.717) is 12.5 Å². The summed E-state index contributed by atoms with van der Waals surface area (Å²) in [5, 5.41) is 0.282. The predicted octanol–water partition coefficient (Wildman–Crippen LogP) is 2.20. The van der Waals surface area contributed by atoms with Crippen molar-refractivity contribution in [2.45, 2.75) is 36.7 Å². The molecule has 0 N–H and O–H groups in total. The zero-order chi connectivity index (χ0) is 9.31. The van der Waals surface area contributed by atoms with E-state index in [4.69, 9.17) is 21.1 Å². The molecular weight excluding hydrogens is 188 g/mol. The van der Waals surface area contributed by atoms with Crippen LogP contribution in [-0.4, -0.2) is 31.3 Å². The van der Waals surface area contributed by atoms with Gasteiger partial charge in [0, 0.05) is 19.1 Å². The quantitative estimate of drug-likeness (QED) is 0.657. The summed E-state index contributed by atoms with van der Waals surface area (Å²) in [6.45, 7) is 1.51. The zero-order valence-electron chi connectivity index (χ0n) is 8.09. The van der Waals surface area contributed by atoms with E-state index in [1.165, 1.54) is 12.8 Å². The number of hydrogen-bond donors (Lipinski definition) is 0. The summed E-state index contributed by atoms with van der Waals surface area (Å²) in [4.78, 5) is 0. The van der Waals surface area contributed by atoms with Gasteiger partial charge in [0.25, 0.3) is 0 Å². The van der Waals surface area contributed by atoms with Crippen LogP contribution in [0.2, 0.25) is 0 Å². The molecule has 2 aliphatic rings. The molecule has 1 aliphatic heterocycles. The molecule has 3 heteroatoms. The van der Waals surface area contributed by atoms with Crippen molar-refractivity contribution in [3.63, 3.8) is 0 Å². The van der Waals surface area contributed by atoms with Gasteiger partial charge in [-0.3, -0.25) is 0 Å². The molecule has 0 aromatic heterocycles. The summed E-state index contributed by atoms with van der Waals surface area (Å²) >= 11 is 6.17. The van der Waals surface area contributed by atoms with Crippen LogP contribution in [-0.2, 0) is 9.47 Å². The normalized spacial score (nSPS) is 40.6. The lowest BCUT2D eigenvalue weighted by Gasteiger charge is -2.39. The van der Waals surface area contributed by atoms with E-state index < -0.39 is 0 Å². The summed E-state index contributed by atoms with van der Waals surface area (Å²) < 4.78 is 11.1. The molecule has 0 bridgehead atoms. The minimum Gasteiger partial charge on any atom is -0.382 e. The van der Waals surface area contributed by atoms with Crippen molar-refractivity contribution >= 4 is 11.6 Å². The average Bonchev–Trinajstić information content (AvgIpc) is 2.86. The van der Waals surface area contributed by atoms with Gasteiger partial charge in [-0.1, -0.05) is 0 Å². The van der Waals surface area contributed by atoms with E-state index in [2.05, 4.69) is 0 Å². The van der Waals surface area contributed by atoms with Crippen LogP contribution in [0.25, 0.3) is 0 Å². The minimum absolute atomic E-state index is 0.0422. The SMILES string of the molecule is COCC1(C2CC2)CC(Cl)CCO1. The molecule has 1 saturated carbocycles. The second-order valence-corrected chi connectivity index (χ2v) is 4.83. The van der Waals surface area contributed by atoms with Crippen molar-refractivity contribution in [2.24, 2.45) is 5.92 Å². The maximum Gasteiger partial charge on any atom is 0.0956 e. The third-order valence-corrected chi connectivity index (χ3v) is 3.47. The number of methoxy groups -OCH3 is 1. The Balaban J connectivity index is 2.02. The highest BCUT2D eigenvalue weighted by Gasteiger charge is 2.48. The average molecular weight is 205 g/mol. The third-order valence-electron chi connectivity index (χ3n) is 3.10. The lowest BCUT2D eigenvalue weighted by atomic mass is 9.89. The monoisotopic (exact) mass is 204 g/mol. The first-order chi connectivity index (χ1) is 6.27. The number of alkyl halides is 1. The molecule has 0 radical (unpaired) electrons. The Hall–Kier alpha value is 0.210. The molecule has 0 amide bonds. The molecule has 0 aromatic rings. The van der Waals surface area contributed by atoms with Crippen LogP contribution >= 0.6 is 11.6 Å². The molecule has 2 nitrogen and oxygen atoms in total. The molecular formula is C10H17ClO2. The van der Waals surface area contributed by atoms with E-state index in [0.717, 1.165) is 19.4 Å². The predicted molar refractivity (Wildman–Crippen MR) is 52.2 cm³/mol. The summed E-state index contributed by atoms with van der Waals surface area (Å²) in [6, 6.07) is 0. The van der Waals surface area contributed by atoms with Gasteiger partial charge in [-0.05, 0) is 31.6 Å². The van der Waals surface area contributed by atoms with Crippen LogP contribution in [0.5, 0.6) is 0 Å². The smallest absolute Gasteiger partial charge is 0.0956 e. The summed E-state index contributed by atoms with van der Waals surface area (Å²) in [5.74, 6) is 0.703. The fourth-order valence-corrected chi connectivity index (χ4v) is 2.63. The zero-order valence-corrected chi connectivity index (χ0v) is 8.85. The number of ether oxygens (including phenoxy) is 2. The van der Waals surface area contributed by atoms with Crippen LogP contribution in [0.3, 0.4) is 0 Å². The topological polar surface area (TPSA) is 18.5 Å². The van der Waals surface area contributed by atoms with Crippen LogP contribution in [0.1, 0.15) is 25.7 Å². The summed E-state index contributed by atoms with van der Waals surface area (Å²) in [6.07, 6.45) is 4.52. The Morgan fingerprint density at radius 3 is 2.77 bits per heavy atom. The molecule has 1 heterocycles. The van der Waals surface area contributed by atoms with Gasteiger partial charge in [-0.15, -0.1) is 11.6 Å². The lowest BCUT2D eigenvalue weighted by molar-refractivity contribution is -0.127. The van der Waals surface area contributed by atoms with E-state index in [1.807, 2.05) is 0 Å². The first-order valence-corrected chi connectivity index (χ1v) is 5.47. The van der Waals surface area contributed by atoms with Gasteiger partial charge in [0.2, 0.25) is 0 Å². The van der Waals surface area contributed by atoms with Crippen molar-refractivity contribution in [3.8, 4) is 0 Å². The molecule has 2 rings (SSSR count). The Bertz CT molecular complexity index is 178. The van der Waals surface area contributed by atoms with Gasteiger partial charge >= 0.3 is 0 Å². The highest BCUT2D eigenvalue weighted by Crippen LogP contribution is 2.47. The van der Waals surface area contributed by atoms with E-state index in [1.54, 1.807) is 7.11 Å². The van der Waals surface area contributed by atoms with Gasteiger partial charge in [0.15, 0.2) is 0 Å². The van der Waals surface area contributed by atoms with Crippen LogP contribution in [0, 0.1) is 5.92 Å². The van der Waals surface area contributed by atoms with Crippen molar-refractivity contribution in [1.82, 2.24) is 0 Å². The van der Waals surface area contributed by atoms with Crippen LogP contribution in [0.4, 0.5) is 0 Å². The van der Waals surface area contributed by atoms with Crippen molar-refractivity contribution < 1.29 is 9.47 Å². The van der Waals surface area contributed by atoms with Gasteiger partial charge < -0.3 is 9.47 Å². The Morgan fingerprint density at radius 2 is 2.23 bits per heavy atom. The molecule has 1 saturated heterocycles. The molecule has 0 aromatic carbocycles. The third kappa shape index (κ3) is 2.00. The minimum atomic E-state index is -0.0422. The van der Waals surface area contributed by atoms with E-state index in [9.17, 15) is 0 Å². The Morgan fingerprint density at radius 1 is 1.46 bits per heavy atom. The Kier molecular flexibility index (Phi) is 2.82. The standard InChI is InChI=1S/C10H17ClO2/c1-12-7-10(8-2-3-8)6-9(11)4-5-13-10/h8-9H,2-7H2,1H3. The second-order valence-electron chi connectivity index (χ2n) is 4.21. The fraction of sp³-hybridized carbons (Fsp3) is 1.00. The van der Waals surface area contributed by atoms with E-state index >= 15 is 0 Å². The van der Waals surface area contributed by atoms with Gasteiger partial charge in [0.05, 0.1) is 12.2 Å². The summed E-state index contributed by atoms with van der Waals surface area (Å²) in [7, 11) is 1.74. The number of hydrogen-bond acceptors (Lipinski definition) is 2. The van der Waals surface area contributed by atoms with Crippen molar-refractivity contribution in [2.75, 3.05) is 20.3 Å². The Labute approximate surface area is 84.5 Å². The van der Waals surface area contributed by atoms with Gasteiger partial charge in [-0.25, -0.2) is 0 Å². The van der Waals surface area contributed by atoms with Crippen molar-refractivity contribution in [3.05, 3.63) is 0 Å². The molecule has 13 heavy (non-hydrogen) atoms. The molecule has 0 spiro atoms. The van der Waals surface area contributed by atoms with Crippen LogP contribution < -0.4 is 0 Å². The largest absolute Gasteiger partial charge is 0.382 e. The maximum absolute atomic E-state index is 6.17. The molecule has 2 unspecified atom stereocenters. The first-order valence-electron chi connectivity index (χ1n) is 5.04. The molecule has 2 fully saturated rings. The highest BCUT2D eigenvalue weighted by molar-refractivity contribution is 6.20. The molecule has 76 valence electrons. The van der Waals surface area contributed by atoms with Gasteiger partial charge in [-0.2, -0.15) is 0 Å². The second kappa shape index (κ2) is 3.76. The van der Waals surface area contributed by atoms with Crippen molar-refractivity contribution in [1.29, 1.82) is 0 Å².